The Balaban J connectivity index is 1.92. The maximum absolute atomic E-state index is 13.7. The van der Waals surface area contributed by atoms with Gasteiger partial charge in [-0.3, -0.25) is 19.7 Å². The van der Waals surface area contributed by atoms with Gasteiger partial charge in [0.25, 0.3) is 11.5 Å². The van der Waals surface area contributed by atoms with Gasteiger partial charge in [-0.15, -0.1) is 0 Å². The van der Waals surface area contributed by atoms with Crippen LogP contribution >= 0.6 is 15.9 Å². The SMILES string of the molecule is CCOc1cc(C)c(-c2nc3ccccc3c(=O)n2N=Cc2cc(Br)c(OCC(N)=O)c([N+](=O)[O-])c2)cc1C(C)C. The van der Waals surface area contributed by atoms with Crippen molar-refractivity contribution in [3.8, 4) is 22.9 Å². The smallest absolute Gasteiger partial charge is 0.312 e. The first kappa shape index (κ1) is 29.4. The number of nitro groups is 1. The number of carbonyl (C=O) groups is 1. The predicted octanol–water partition coefficient (Wildman–Crippen LogP) is 5.31. The summed E-state index contributed by atoms with van der Waals surface area (Å²) in [4.78, 5) is 40.7. The fourth-order valence-corrected chi connectivity index (χ4v) is 4.88. The third kappa shape index (κ3) is 6.27. The molecule has 0 atom stereocenters. The van der Waals surface area contributed by atoms with Crippen molar-refractivity contribution >= 4 is 44.6 Å². The minimum atomic E-state index is -0.780. The predicted molar refractivity (Wildman–Crippen MR) is 160 cm³/mol. The van der Waals surface area contributed by atoms with Crippen molar-refractivity contribution in [1.82, 2.24) is 9.66 Å². The molecule has 0 spiro atoms. The minimum Gasteiger partial charge on any atom is -0.494 e. The Hall–Kier alpha value is -4.58. The quantitative estimate of drug-likeness (QED) is 0.143. The molecule has 12 heteroatoms. The summed E-state index contributed by atoms with van der Waals surface area (Å²) in [7, 11) is 0. The molecule has 4 rings (SSSR count). The molecule has 3 aromatic carbocycles. The molecule has 1 aromatic heterocycles. The largest absolute Gasteiger partial charge is 0.494 e. The van der Waals surface area contributed by atoms with E-state index in [1.807, 2.05) is 26.0 Å². The zero-order valence-electron chi connectivity index (χ0n) is 22.9. The summed E-state index contributed by atoms with van der Waals surface area (Å²) < 4.78 is 12.5. The van der Waals surface area contributed by atoms with Crippen LogP contribution in [0.5, 0.6) is 11.5 Å². The van der Waals surface area contributed by atoms with Crippen molar-refractivity contribution in [1.29, 1.82) is 0 Å². The molecule has 0 saturated heterocycles. The van der Waals surface area contributed by atoms with Crippen LogP contribution in [0.1, 0.15) is 43.4 Å². The normalized spacial score (nSPS) is 11.4. The fourth-order valence-electron chi connectivity index (χ4n) is 4.30. The molecular formula is C29H28BrN5O6. The standard InChI is InChI=1S/C29H28BrN5O6/c1-5-40-25-10-17(4)21(13-20(25)16(2)3)28-33-23-9-7-6-8-19(23)29(37)34(28)32-14-18-11-22(30)27(41-15-26(31)36)24(12-18)35(38)39/h6-14,16H,5,15H2,1-4H3,(H2,31,36). The van der Waals surface area contributed by atoms with Crippen LogP contribution in [0.2, 0.25) is 0 Å². The van der Waals surface area contributed by atoms with Gasteiger partial charge in [-0.1, -0.05) is 26.0 Å². The number of aromatic nitrogens is 2. The van der Waals surface area contributed by atoms with E-state index in [-0.39, 0.29) is 16.1 Å². The molecule has 0 aliphatic rings. The summed E-state index contributed by atoms with van der Waals surface area (Å²) >= 11 is 3.26. The Morgan fingerprint density at radius 2 is 1.95 bits per heavy atom. The third-order valence-electron chi connectivity index (χ3n) is 6.20. The Morgan fingerprint density at radius 1 is 1.22 bits per heavy atom. The van der Waals surface area contributed by atoms with Gasteiger partial charge in [0.05, 0.1) is 33.1 Å². The zero-order valence-corrected chi connectivity index (χ0v) is 24.5. The highest BCUT2D eigenvalue weighted by Crippen LogP contribution is 2.37. The lowest BCUT2D eigenvalue weighted by molar-refractivity contribution is -0.385. The number of carbonyl (C=O) groups excluding carboxylic acids is 1. The van der Waals surface area contributed by atoms with E-state index >= 15 is 0 Å². The van der Waals surface area contributed by atoms with E-state index in [9.17, 15) is 19.7 Å². The molecule has 0 bridgehead atoms. The third-order valence-corrected chi connectivity index (χ3v) is 6.79. The number of nitrogens with two attached hydrogens (primary N) is 1. The summed E-state index contributed by atoms with van der Waals surface area (Å²) in [6.07, 6.45) is 1.32. The molecule has 4 aromatic rings. The number of halogens is 1. The Morgan fingerprint density at radius 3 is 2.61 bits per heavy atom. The Labute approximate surface area is 243 Å². The highest BCUT2D eigenvalue weighted by molar-refractivity contribution is 9.10. The lowest BCUT2D eigenvalue weighted by atomic mass is 9.96. The van der Waals surface area contributed by atoms with E-state index in [4.69, 9.17) is 20.2 Å². The number of nitro benzene ring substituents is 1. The van der Waals surface area contributed by atoms with Crippen molar-refractivity contribution < 1.29 is 19.2 Å². The summed E-state index contributed by atoms with van der Waals surface area (Å²) in [6, 6.07) is 13.6. The number of primary amides is 1. The van der Waals surface area contributed by atoms with Crippen LogP contribution in [-0.2, 0) is 4.79 Å². The van der Waals surface area contributed by atoms with Crippen LogP contribution in [-0.4, -0.2) is 39.9 Å². The maximum Gasteiger partial charge on any atom is 0.312 e. The van der Waals surface area contributed by atoms with Crippen LogP contribution < -0.4 is 20.8 Å². The van der Waals surface area contributed by atoms with Gasteiger partial charge < -0.3 is 15.2 Å². The van der Waals surface area contributed by atoms with E-state index in [2.05, 4.69) is 34.9 Å². The molecule has 41 heavy (non-hydrogen) atoms. The average molecular weight is 622 g/mol. The van der Waals surface area contributed by atoms with Crippen LogP contribution in [0.4, 0.5) is 5.69 Å². The van der Waals surface area contributed by atoms with E-state index in [0.29, 0.717) is 34.5 Å². The van der Waals surface area contributed by atoms with Gasteiger partial charge in [0.1, 0.15) is 5.75 Å². The van der Waals surface area contributed by atoms with Crippen molar-refractivity contribution in [2.24, 2.45) is 10.8 Å². The van der Waals surface area contributed by atoms with Crippen molar-refractivity contribution in [3.63, 3.8) is 0 Å². The first-order valence-electron chi connectivity index (χ1n) is 12.7. The number of amides is 1. The molecule has 0 saturated carbocycles. The van der Waals surface area contributed by atoms with Crippen LogP contribution in [0.3, 0.4) is 0 Å². The van der Waals surface area contributed by atoms with Gasteiger partial charge in [0, 0.05) is 17.2 Å². The lowest BCUT2D eigenvalue weighted by Crippen LogP contribution is -2.21. The maximum atomic E-state index is 13.7. The monoisotopic (exact) mass is 621 g/mol. The Kier molecular flexibility index (Phi) is 8.82. The molecule has 0 radical (unpaired) electrons. The van der Waals surface area contributed by atoms with E-state index in [1.54, 1.807) is 24.3 Å². The van der Waals surface area contributed by atoms with Crippen molar-refractivity contribution in [2.75, 3.05) is 13.2 Å². The number of ether oxygens (including phenoxy) is 2. The van der Waals surface area contributed by atoms with Crippen molar-refractivity contribution in [2.45, 2.75) is 33.6 Å². The molecular weight excluding hydrogens is 594 g/mol. The topological polar surface area (TPSA) is 152 Å². The van der Waals surface area contributed by atoms with Crippen LogP contribution in [0.15, 0.2) is 62.9 Å². The van der Waals surface area contributed by atoms with Crippen LogP contribution in [0, 0.1) is 17.0 Å². The van der Waals surface area contributed by atoms with Gasteiger partial charge in [-0.25, -0.2) is 4.98 Å². The van der Waals surface area contributed by atoms with Gasteiger partial charge in [0.2, 0.25) is 5.75 Å². The summed E-state index contributed by atoms with van der Waals surface area (Å²) in [5.41, 5.74) is 7.59. The number of hydrogen-bond acceptors (Lipinski definition) is 8. The van der Waals surface area contributed by atoms with Gasteiger partial charge in [-0.2, -0.15) is 9.78 Å². The van der Waals surface area contributed by atoms with Crippen molar-refractivity contribution in [3.05, 3.63) is 90.2 Å². The molecule has 0 aliphatic heterocycles. The molecule has 2 N–H and O–H groups in total. The Bertz CT molecular complexity index is 1750. The molecule has 0 aliphatic carbocycles. The molecule has 0 unspecified atom stereocenters. The number of para-hydroxylation sites is 1. The van der Waals surface area contributed by atoms with E-state index < -0.39 is 28.7 Å². The minimum absolute atomic E-state index is 0.133. The number of hydrogen-bond donors (Lipinski definition) is 1. The highest BCUT2D eigenvalue weighted by atomic mass is 79.9. The molecule has 0 fully saturated rings. The van der Waals surface area contributed by atoms with Gasteiger partial charge >= 0.3 is 5.69 Å². The molecule has 1 heterocycles. The first-order valence-corrected chi connectivity index (χ1v) is 13.5. The molecule has 11 nitrogen and oxygen atoms in total. The van der Waals surface area contributed by atoms with Crippen LogP contribution in [0.25, 0.3) is 22.3 Å². The summed E-state index contributed by atoms with van der Waals surface area (Å²) in [5, 5.41) is 16.6. The number of nitrogens with zero attached hydrogens (tertiary/aromatic N) is 4. The summed E-state index contributed by atoms with van der Waals surface area (Å²) in [6.45, 7) is 7.91. The highest BCUT2D eigenvalue weighted by Gasteiger charge is 2.22. The number of fused-ring (bicyclic) bond motifs is 1. The second kappa shape index (κ2) is 12.3. The molecule has 212 valence electrons. The lowest BCUT2D eigenvalue weighted by Gasteiger charge is -2.18. The van der Waals surface area contributed by atoms with E-state index in [0.717, 1.165) is 16.9 Å². The number of benzene rings is 3. The second-order valence-electron chi connectivity index (χ2n) is 9.47. The van der Waals surface area contributed by atoms with E-state index in [1.165, 1.54) is 23.0 Å². The zero-order chi connectivity index (χ0) is 29.8. The second-order valence-corrected chi connectivity index (χ2v) is 10.3. The average Bonchev–Trinajstić information content (AvgIpc) is 2.91. The fraction of sp³-hybridized carbons (Fsp3) is 0.241. The first-order chi connectivity index (χ1) is 19.5. The van der Waals surface area contributed by atoms with Gasteiger partial charge in [-0.05, 0) is 77.2 Å². The number of rotatable bonds is 10. The number of aryl methyl sites for hydroxylation is 1. The van der Waals surface area contributed by atoms with Gasteiger partial charge in [0.15, 0.2) is 12.4 Å². The summed E-state index contributed by atoms with van der Waals surface area (Å²) in [5.74, 6) is 0.272. The molecule has 1 amide bonds.